The van der Waals surface area contributed by atoms with Gasteiger partial charge in [0, 0.05) is 38.3 Å². The fourth-order valence-electron chi connectivity index (χ4n) is 3.42. The van der Waals surface area contributed by atoms with E-state index in [4.69, 9.17) is 2.74 Å². The minimum absolute atomic E-state index is 0.0126. The number of hydrogen-bond acceptors (Lipinski definition) is 2. The van der Waals surface area contributed by atoms with Crippen LogP contribution in [0.25, 0.3) is 10.9 Å². The number of nitrogens with zero attached hydrogens (tertiary/aromatic N) is 1. The summed E-state index contributed by atoms with van der Waals surface area (Å²) in [4.78, 5) is 12.3. The van der Waals surface area contributed by atoms with Crippen LogP contribution in [0.1, 0.15) is 49.2 Å². The van der Waals surface area contributed by atoms with Crippen molar-refractivity contribution < 1.29 is 12.6 Å². The van der Waals surface area contributed by atoms with Crippen molar-refractivity contribution in [3.63, 3.8) is 0 Å². The van der Waals surface area contributed by atoms with Crippen LogP contribution in [-0.4, -0.2) is 21.7 Å². The number of fused-ring (bicyclic) bond motifs is 1. The van der Waals surface area contributed by atoms with Gasteiger partial charge in [-0.25, -0.2) is 4.79 Å². The lowest BCUT2D eigenvalue weighted by atomic mass is 9.93. The zero-order chi connectivity index (χ0) is 19.9. The first-order chi connectivity index (χ1) is 13.4. The van der Waals surface area contributed by atoms with E-state index in [9.17, 15) is 9.90 Å². The third-order valence-corrected chi connectivity index (χ3v) is 5.14. The number of aryl methyl sites for hydroxylation is 1. The highest BCUT2D eigenvalue weighted by atomic mass is 16.4. The van der Waals surface area contributed by atoms with Crippen molar-refractivity contribution in [1.82, 2.24) is 9.88 Å². The Hall–Kier alpha value is -2.59. The molecule has 1 aromatic heterocycles. The van der Waals surface area contributed by atoms with E-state index in [0.717, 1.165) is 35.9 Å². The number of carboxylic acids is 1. The van der Waals surface area contributed by atoms with Crippen molar-refractivity contribution in [2.45, 2.75) is 45.3 Å². The molecule has 0 amide bonds. The van der Waals surface area contributed by atoms with E-state index in [2.05, 4.69) is 5.32 Å². The molecule has 2 N–H and O–H groups in total. The van der Waals surface area contributed by atoms with Gasteiger partial charge in [0.25, 0.3) is 0 Å². The number of carbonyl (C=O) groups is 1. The lowest BCUT2D eigenvalue weighted by molar-refractivity contribution is 0.0684. The molecule has 1 saturated carbocycles. The molecule has 4 rings (SSSR count). The van der Waals surface area contributed by atoms with E-state index in [1.807, 2.05) is 55.5 Å². The molecule has 1 fully saturated rings. The second-order valence-electron chi connectivity index (χ2n) is 7.01. The third kappa shape index (κ3) is 3.13. The number of nitrogens with one attached hydrogen (secondary N) is 1. The Morgan fingerprint density at radius 3 is 2.62 bits per heavy atom. The molecule has 0 bridgehead atoms. The molecule has 3 aromatic rings. The first-order valence-corrected chi connectivity index (χ1v) is 9.05. The maximum Gasteiger partial charge on any atom is 0.352 e. The second kappa shape index (κ2) is 6.96. The summed E-state index contributed by atoms with van der Waals surface area (Å²) in [7, 11) is 0. The van der Waals surface area contributed by atoms with Crippen molar-refractivity contribution in [3.05, 3.63) is 70.9 Å². The first kappa shape index (κ1) is 14.6. The van der Waals surface area contributed by atoms with Gasteiger partial charge in [-0.15, -0.1) is 0 Å². The van der Waals surface area contributed by atoms with E-state index < -0.39 is 12.5 Å². The molecule has 4 heteroatoms. The van der Waals surface area contributed by atoms with Crippen LogP contribution in [0.2, 0.25) is 0 Å². The summed E-state index contributed by atoms with van der Waals surface area (Å²) in [6.45, 7) is 0.467. The highest BCUT2D eigenvalue weighted by Gasteiger charge is 2.24. The average molecular weight is 350 g/mol. The number of carboxylic acid groups (broad SMARTS) is 1. The number of rotatable bonds is 6. The molecule has 0 atom stereocenters. The molecule has 0 aliphatic heterocycles. The summed E-state index contributed by atoms with van der Waals surface area (Å²) in [5.41, 5.74) is 3.08. The van der Waals surface area contributed by atoms with E-state index in [0.29, 0.717) is 11.9 Å². The minimum atomic E-state index is -1.92. The van der Waals surface area contributed by atoms with Crippen LogP contribution in [0.3, 0.4) is 0 Å². The lowest BCUT2D eigenvalue weighted by Gasteiger charge is -2.26. The van der Waals surface area contributed by atoms with Crippen LogP contribution in [0, 0.1) is 6.92 Å². The molecular weight excluding hydrogens is 324 g/mol. The summed E-state index contributed by atoms with van der Waals surface area (Å²) >= 11 is 0. The number of benzene rings is 2. The van der Waals surface area contributed by atoms with Crippen molar-refractivity contribution in [1.29, 1.82) is 0 Å². The molecule has 1 heterocycles. The van der Waals surface area contributed by atoms with Crippen LogP contribution in [0.4, 0.5) is 0 Å². The van der Waals surface area contributed by atoms with Gasteiger partial charge in [0.05, 0.1) is 0 Å². The predicted molar refractivity (Wildman–Crippen MR) is 104 cm³/mol. The summed E-state index contributed by atoms with van der Waals surface area (Å²) in [5.74, 6) is -1.11. The standard InChI is InChI=1S/C22H24N2O2/c1-15-9-11-16(12-10-15)14-24-20-8-3-2-7-18(20)19(21(24)22(25)26)13-23-17-5-4-6-17/h2-3,7-12,17,23H,4-6,13-14H2,1H3,(H,25,26)/i13D2. The molecule has 134 valence electrons. The SMILES string of the molecule is [2H]C([2H])(NC1CCC1)c1c(C(=O)O)n(Cc2ccc(C)cc2)c2ccccc12. The fourth-order valence-corrected chi connectivity index (χ4v) is 3.42. The zero-order valence-corrected chi connectivity index (χ0v) is 14.8. The van der Waals surface area contributed by atoms with Crippen molar-refractivity contribution in [2.75, 3.05) is 0 Å². The zero-order valence-electron chi connectivity index (χ0n) is 16.8. The van der Waals surface area contributed by atoms with Crippen LogP contribution in [-0.2, 0) is 13.0 Å². The van der Waals surface area contributed by atoms with Gasteiger partial charge in [0.2, 0.25) is 0 Å². The second-order valence-corrected chi connectivity index (χ2v) is 7.01. The molecule has 0 spiro atoms. The van der Waals surface area contributed by atoms with E-state index >= 15 is 0 Å². The average Bonchev–Trinajstić information content (AvgIpc) is 2.96. The van der Waals surface area contributed by atoms with E-state index in [1.165, 1.54) is 0 Å². The Balaban J connectivity index is 1.88. The van der Waals surface area contributed by atoms with Gasteiger partial charge in [0.15, 0.2) is 0 Å². The smallest absolute Gasteiger partial charge is 0.352 e. The maximum atomic E-state index is 12.3. The highest BCUT2D eigenvalue weighted by Crippen LogP contribution is 2.28. The number of aromatic carboxylic acids is 1. The molecule has 4 nitrogen and oxygen atoms in total. The Labute approximate surface area is 156 Å². The topological polar surface area (TPSA) is 54.3 Å². The predicted octanol–water partition coefficient (Wildman–Crippen LogP) is 4.34. The van der Waals surface area contributed by atoms with Crippen LogP contribution in [0.5, 0.6) is 0 Å². The Kier molecular flexibility index (Phi) is 3.90. The summed E-state index contributed by atoms with van der Waals surface area (Å²) in [6, 6.07) is 15.4. The minimum Gasteiger partial charge on any atom is -0.477 e. The Morgan fingerprint density at radius 1 is 1.23 bits per heavy atom. The number of aromatic nitrogens is 1. The molecule has 1 aliphatic carbocycles. The normalized spacial score (nSPS) is 16.2. The molecule has 0 saturated heterocycles. The lowest BCUT2D eigenvalue weighted by Crippen LogP contribution is -2.34. The maximum absolute atomic E-state index is 12.3. The van der Waals surface area contributed by atoms with Gasteiger partial charge in [-0.1, -0.05) is 54.4 Å². The van der Waals surface area contributed by atoms with Crippen LogP contribution < -0.4 is 5.32 Å². The fraction of sp³-hybridized carbons (Fsp3) is 0.318. The Morgan fingerprint density at radius 2 is 1.96 bits per heavy atom. The molecular formula is C22H24N2O2. The molecule has 0 radical (unpaired) electrons. The molecule has 2 aromatic carbocycles. The van der Waals surface area contributed by atoms with Crippen LogP contribution >= 0.6 is 0 Å². The van der Waals surface area contributed by atoms with Crippen molar-refractivity contribution in [3.8, 4) is 0 Å². The molecule has 26 heavy (non-hydrogen) atoms. The summed E-state index contributed by atoms with van der Waals surface area (Å²) in [6.07, 6.45) is 2.92. The van der Waals surface area contributed by atoms with Gasteiger partial charge in [0.1, 0.15) is 5.69 Å². The first-order valence-electron chi connectivity index (χ1n) is 10.0. The number of para-hydroxylation sites is 1. The monoisotopic (exact) mass is 350 g/mol. The highest BCUT2D eigenvalue weighted by molar-refractivity contribution is 5.98. The van der Waals surface area contributed by atoms with Gasteiger partial charge >= 0.3 is 5.97 Å². The quantitative estimate of drug-likeness (QED) is 0.695. The summed E-state index contributed by atoms with van der Waals surface area (Å²) in [5, 5.41) is 13.7. The molecule has 0 unspecified atom stereocenters. The van der Waals surface area contributed by atoms with Gasteiger partial charge in [-0.3, -0.25) is 0 Å². The summed E-state index contributed by atoms with van der Waals surface area (Å²) < 4.78 is 19.0. The van der Waals surface area contributed by atoms with E-state index in [1.54, 1.807) is 4.57 Å². The van der Waals surface area contributed by atoms with E-state index in [-0.39, 0.29) is 17.3 Å². The molecule has 1 aliphatic rings. The Bertz CT molecular complexity index is 1020. The van der Waals surface area contributed by atoms with Gasteiger partial charge in [-0.2, -0.15) is 0 Å². The van der Waals surface area contributed by atoms with Crippen molar-refractivity contribution in [2.24, 2.45) is 0 Å². The number of hydrogen-bond donors (Lipinski definition) is 2. The largest absolute Gasteiger partial charge is 0.477 e. The third-order valence-electron chi connectivity index (χ3n) is 5.14. The van der Waals surface area contributed by atoms with Gasteiger partial charge < -0.3 is 15.0 Å². The van der Waals surface area contributed by atoms with Crippen LogP contribution in [0.15, 0.2) is 48.5 Å². The van der Waals surface area contributed by atoms with Crippen molar-refractivity contribution >= 4 is 16.9 Å². The van der Waals surface area contributed by atoms with Gasteiger partial charge in [-0.05, 0) is 31.4 Å².